The number of hydrogen-bond donors (Lipinski definition) is 2. The molecule has 2 aliphatic rings. The van der Waals surface area contributed by atoms with Crippen molar-refractivity contribution in [3.63, 3.8) is 0 Å². The van der Waals surface area contributed by atoms with Crippen LogP contribution in [0.5, 0.6) is 0 Å². The third-order valence-corrected chi connectivity index (χ3v) is 3.52. The molecule has 4 heteroatoms. The van der Waals surface area contributed by atoms with Gasteiger partial charge in [0.1, 0.15) is 0 Å². The van der Waals surface area contributed by atoms with Crippen LogP contribution in [0, 0.1) is 5.41 Å². The quantitative estimate of drug-likeness (QED) is 0.703. The fourth-order valence-corrected chi connectivity index (χ4v) is 2.79. The first kappa shape index (κ1) is 9.93. The van der Waals surface area contributed by atoms with Crippen molar-refractivity contribution in [2.24, 2.45) is 5.41 Å². The minimum absolute atomic E-state index is 0.0619. The minimum atomic E-state index is -0.752. The maximum atomic E-state index is 11.3. The molecule has 80 valence electrons. The number of ether oxygens (including phenoxy) is 1. The van der Waals surface area contributed by atoms with Gasteiger partial charge in [-0.25, -0.2) is 0 Å². The molecule has 2 aliphatic heterocycles. The first-order valence-corrected chi connectivity index (χ1v) is 5.19. The smallest absolute Gasteiger partial charge is 0.312 e. The molecule has 2 N–H and O–H groups in total. The first-order valence-electron chi connectivity index (χ1n) is 5.19. The summed E-state index contributed by atoms with van der Waals surface area (Å²) in [5.41, 5.74) is -0.703. The largest absolute Gasteiger partial charge is 0.481 e. The van der Waals surface area contributed by atoms with E-state index >= 15 is 0 Å². The molecule has 0 aliphatic carbocycles. The monoisotopic (exact) mass is 200 g/mol. The maximum absolute atomic E-state index is 11.3. The van der Waals surface area contributed by atoms with Crippen molar-refractivity contribution in [2.75, 3.05) is 6.61 Å². The summed E-state index contributed by atoms with van der Waals surface area (Å²) in [6.07, 6.45) is 3.62. The van der Waals surface area contributed by atoms with Gasteiger partial charge in [0.15, 0.2) is 0 Å². The zero-order chi connectivity index (χ0) is 10.2. The fraction of sp³-hybridized carbons (Fsp3) is 0.900. The zero-order valence-corrected chi connectivity index (χ0v) is 8.11. The van der Waals surface area contributed by atoms with Gasteiger partial charge >= 0.3 is 5.97 Å². The minimum Gasteiger partial charge on any atom is -0.481 e. The molecule has 3 unspecified atom stereocenters. The Kier molecular flexibility index (Phi) is 2.49. The third kappa shape index (κ3) is 1.33. The summed E-state index contributed by atoms with van der Waals surface area (Å²) in [4.78, 5) is 11.3. The molecule has 3 atom stereocenters. The lowest BCUT2D eigenvalue weighted by Gasteiger charge is -2.30. The van der Waals surface area contributed by atoms with Gasteiger partial charge in [-0.15, -0.1) is 0 Å². The van der Waals surface area contributed by atoms with Gasteiger partial charge in [0.25, 0.3) is 0 Å². The van der Waals surface area contributed by atoms with Crippen LogP contribution in [0.1, 0.15) is 32.1 Å². The van der Waals surface area contributed by atoms with Gasteiger partial charge in [0.2, 0.25) is 0 Å². The van der Waals surface area contributed by atoms with Crippen molar-refractivity contribution in [3.05, 3.63) is 0 Å². The number of fused-ring (bicyclic) bond motifs is 2. The summed E-state index contributed by atoms with van der Waals surface area (Å²) in [5, 5.41) is 18.0. The van der Waals surface area contributed by atoms with E-state index in [1.54, 1.807) is 0 Å². The van der Waals surface area contributed by atoms with Crippen LogP contribution in [-0.2, 0) is 9.53 Å². The Morgan fingerprint density at radius 1 is 1.50 bits per heavy atom. The predicted molar refractivity (Wildman–Crippen MR) is 48.9 cm³/mol. The number of hydrogen-bond acceptors (Lipinski definition) is 3. The van der Waals surface area contributed by atoms with E-state index in [2.05, 4.69) is 0 Å². The van der Waals surface area contributed by atoms with Gasteiger partial charge in [-0.05, 0) is 32.1 Å². The summed E-state index contributed by atoms with van der Waals surface area (Å²) in [6.45, 7) is 0.0619. The highest BCUT2D eigenvalue weighted by Crippen LogP contribution is 2.50. The number of rotatable bonds is 4. The topological polar surface area (TPSA) is 66.8 Å². The van der Waals surface area contributed by atoms with Gasteiger partial charge in [0, 0.05) is 6.61 Å². The Balaban J connectivity index is 2.11. The van der Waals surface area contributed by atoms with E-state index in [4.69, 9.17) is 9.84 Å². The Morgan fingerprint density at radius 3 is 2.71 bits per heavy atom. The van der Waals surface area contributed by atoms with Gasteiger partial charge < -0.3 is 14.9 Å². The normalized spacial score (nSPS) is 40.4. The Labute approximate surface area is 82.9 Å². The molecule has 0 radical (unpaired) electrons. The molecule has 4 nitrogen and oxygen atoms in total. The van der Waals surface area contributed by atoms with Crippen LogP contribution in [0.3, 0.4) is 0 Å². The first-order chi connectivity index (χ1) is 6.69. The molecular formula is C10H16O4. The Hall–Kier alpha value is -0.610. The average molecular weight is 200 g/mol. The van der Waals surface area contributed by atoms with Crippen LogP contribution in [0.25, 0.3) is 0 Å². The second kappa shape index (κ2) is 3.51. The van der Waals surface area contributed by atoms with E-state index in [9.17, 15) is 9.90 Å². The highest BCUT2D eigenvalue weighted by Gasteiger charge is 2.56. The molecule has 0 amide bonds. The lowest BCUT2D eigenvalue weighted by Crippen LogP contribution is -2.40. The molecule has 2 fully saturated rings. The van der Waals surface area contributed by atoms with Crippen molar-refractivity contribution in [1.29, 1.82) is 0 Å². The second-order valence-corrected chi connectivity index (χ2v) is 4.32. The van der Waals surface area contributed by atoms with Crippen LogP contribution >= 0.6 is 0 Å². The van der Waals surface area contributed by atoms with Crippen LogP contribution in [0.2, 0.25) is 0 Å². The Morgan fingerprint density at radius 2 is 2.29 bits per heavy atom. The van der Waals surface area contributed by atoms with E-state index in [0.717, 1.165) is 12.8 Å². The molecule has 2 bridgehead atoms. The van der Waals surface area contributed by atoms with Gasteiger partial charge in [-0.2, -0.15) is 0 Å². The van der Waals surface area contributed by atoms with E-state index in [-0.39, 0.29) is 18.8 Å². The summed E-state index contributed by atoms with van der Waals surface area (Å²) >= 11 is 0. The van der Waals surface area contributed by atoms with Crippen LogP contribution in [0.15, 0.2) is 0 Å². The lowest BCUT2D eigenvalue weighted by molar-refractivity contribution is -0.153. The third-order valence-electron chi connectivity index (χ3n) is 3.52. The highest BCUT2D eigenvalue weighted by atomic mass is 16.5. The van der Waals surface area contributed by atoms with Crippen LogP contribution in [-0.4, -0.2) is 35.0 Å². The number of aliphatic hydroxyl groups excluding tert-OH is 1. The molecule has 0 aromatic rings. The number of aliphatic carboxylic acids is 1. The van der Waals surface area contributed by atoms with Crippen molar-refractivity contribution in [3.8, 4) is 0 Å². The van der Waals surface area contributed by atoms with Crippen LogP contribution < -0.4 is 0 Å². The molecule has 0 saturated carbocycles. The molecule has 0 aromatic heterocycles. The summed E-state index contributed by atoms with van der Waals surface area (Å²) in [5.74, 6) is -0.752. The summed E-state index contributed by atoms with van der Waals surface area (Å²) in [6, 6.07) is 0. The van der Waals surface area contributed by atoms with Gasteiger partial charge in [-0.1, -0.05) is 0 Å². The summed E-state index contributed by atoms with van der Waals surface area (Å²) < 4.78 is 5.58. The van der Waals surface area contributed by atoms with Crippen molar-refractivity contribution in [2.45, 2.75) is 44.3 Å². The molecule has 14 heavy (non-hydrogen) atoms. The molecule has 2 rings (SSSR count). The van der Waals surface area contributed by atoms with Crippen molar-refractivity contribution >= 4 is 5.97 Å². The van der Waals surface area contributed by atoms with Gasteiger partial charge in [0.05, 0.1) is 17.6 Å². The number of carboxylic acid groups (broad SMARTS) is 1. The van der Waals surface area contributed by atoms with Crippen molar-refractivity contribution in [1.82, 2.24) is 0 Å². The van der Waals surface area contributed by atoms with E-state index < -0.39 is 11.4 Å². The van der Waals surface area contributed by atoms with Crippen LogP contribution in [0.4, 0.5) is 0 Å². The number of carboxylic acids is 1. The van der Waals surface area contributed by atoms with E-state index in [1.807, 2.05) is 0 Å². The Bertz CT molecular complexity index is 240. The SMILES string of the molecule is O=C(O)C1(CCCO)CC2CCC1O2. The number of aliphatic hydroxyl groups is 1. The predicted octanol–water partition coefficient (Wildman–Crippen LogP) is 0.781. The maximum Gasteiger partial charge on any atom is 0.312 e. The average Bonchev–Trinajstić information content (AvgIpc) is 2.74. The molecular weight excluding hydrogens is 184 g/mol. The zero-order valence-electron chi connectivity index (χ0n) is 8.11. The molecule has 0 aromatic carbocycles. The van der Waals surface area contributed by atoms with E-state index in [1.165, 1.54) is 0 Å². The number of carbonyl (C=O) groups is 1. The van der Waals surface area contributed by atoms with Crippen molar-refractivity contribution < 1.29 is 19.7 Å². The standard InChI is InChI=1S/C10H16O4/c11-5-1-4-10(9(12)13)6-7-2-3-8(10)14-7/h7-8,11H,1-6H2,(H,12,13). The fourth-order valence-electron chi connectivity index (χ4n) is 2.79. The lowest BCUT2D eigenvalue weighted by atomic mass is 9.71. The second-order valence-electron chi connectivity index (χ2n) is 4.32. The highest BCUT2D eigenvalue weighted by molar-refractivity contribution is 5.76. The molecule has 2 heterocycles. The van der Waals surface area contributed by atoms with Gasteiger partial charge in [-0.3, -0.25) is 4.79 Å². The molecule has 2 saturated heterocycles. The summed E-state index contributed by atoms with van der Waals surface area (Å²) in [7, 11) is 0. The molecule has 0 spiro atoms. The van der Waals surface area contributed by atoms with E-state index in [0.29, 0.717) is 19.3 Å².